The third-order valence-electron chi connectivity index (χ3n) is 16.1. The van der Waals surface area contributed by atoms with Gasteiger partial charge in [0.25, 0.3) is 11.8 Å². The number of ether oxygens (including phenoxy) is 1. The van der Waals surface area contributed by atoms with Crippen molar-refractivity contribution >= 4 is 74.3 Å². The number of likely N-dealkylation sites (N-methyl/N-ethyl adjacent to an activating group) is 1. The number of imide groups is 2. The summed E-state index contributed by atoms with van der Waals surface area (Å²) in [5.74, 6) is -1.91. The van der Waals surface area contributed by atoms with Gasteiger partial charge in [0.15, 0.2) is 5.82 Å². The molecule has 2 bridgehead atoms. The van der Waals surface area contributed by atoms with Crippen LogP contribution in [-0.2, 0) is 14.4 Å². The van der Waals surface area contributed by atoms with Crippen LogP contribution in [0.1, 0.15) is 65.7 Å². The first-order valence-electron chi connectivity index (χ1n) is 25.0. The predicted molar refractivity (Wildman–Crippen MR) is 264 cm³/mol. The number of nitrogens with zero attached hydrogens (tertiary/aromatic N) is 9. The first kappa shape index (κ1) is 45.8. The summed E-state index contributed by atoms with van der Waals surface area (Å²) < 4.78 is 23.5. The van der Waals surface area contributed by atoms with Crippen LogP contribution in [0.3, 0.4) is 0 Å². The summed E-state index contributed by atoms with van der Waals surface area (Å²) >= 11 is 6.69. The third kappa shape index (κ3) is 8.31. The third-order valence-corrected chi connectivity index (χ3v) is 16.4. The van der Waals surface area contributed by atoms with Crippen LogP contribution in [0.15, 0.2) is 60.8 Å². The van der Waals surface area contributed by atoms with Crippen LogP contribution in [0.2, 0.25) is 5.02 Å². The average Bonchev–Trinajstić information content (AvgIpc) is 4.02. The number of benzene rings is 3. The van der Waals surface area contributed by atoms with E-state index in [9.17, 15) is 24.0 Å². The summed E-state index contributed by atoms with van der Waals surface area (Å²) in [6.45, 7) is 6.58. The Morgan fingerprint density at radius 3 is 2.34 bits per heavy atom. The van der Waals surface area contributed by atoms with Gasteiger partial charge in [0.05, 0.1) is 16.5 Å². The molecule has 9 heterocycles. The number of halogens is 2. The van der Waals surface area contributed by atoms with E-state index in [0.717, 1.165) is 86.2 Å². The van der Waals surface area contributed by atoms with E-state index in [2.05, 4.69) is 37.3 Å². The monoisotopic (exact) mass is 983 g/mol. The highest BCUT2D eigenvalue weighted by atomic mass is 35.5. The normalized spacial score (nSPS) is 25.5. The molecule has 2 N–H and O–H groups in total. The van der Waals surface area contributed by atoms with E-state index in [-0.39, 0.29) is 59.1 Å². The highest BCUT2D eigenvalue weighted by molar-refractivity contribution is 6.36. The number of piperidine rings is 2. The molecule has 17 nitrogen and oxygen atoms in total. The van der Waals surface area contributed by atoms with Gasteiger partial charge < -0.3 is 24.8 Å². The number of hydrogen-bond donors (Lipinski definition) is 2. The fourth-order valence-electron chi connectivity index (χ4n) is 12.3. The van der Waals surface area contributed by atoms with Crippen molar-refractivity contribution in [1.29, 1.82) is 0 Å². The minimum absolute atomic E-state index is 0.0585. The molecule has 3 unspecified atom stereocenters. The predicted octanol–water partition coefficient (Wildman–Crippen LogP) is 4.49. The molecule has 0 spiro atoms. The number of pyridine rings is 1. The number of fused-ring (bicyclic) bond motifs is 5. The first-order valence-corrected chi connectivity index (χ1v) is 25.3. The Hall–Kier alpha value is -6.34. The summed E-state index contributed by atoms with van der Waals surface area (Å²) in [4.78, 5) is 91.3. The molecular formula is C52H55ClFN11O6. The molecule has 71 heavy (non-hydrogen) atoms. The maximum Gasteiger partial charge on any atom is 0.319 e. The molecule has 0 radical (unpaired) electrons. The molecule has 7 aliphatic rings. The minimum atomic E-state index is -1.02. The second-order valence-corrected chi connectivity index (χ2v) is 20.7. The van der Waals surface area contributed by atoms with Gasteiger partial charge in [-0.2, -0.15) is 9.97 Å². The number of nitrogens with one attached hydrogen (secondary N) is 2. The summed E-state index contributed by atoms with van der Waals surface area (Å²) in [5, 5.41) is 8.61. The molecule has 19 heteroatoms. The number of piperazine rings is 2. The number of aromatic nitrogens is 3. The lowest BCUT2D eigenvalue weighted by Crippen LogP contribution is -2.54. The van der Waals surface area contributed by atoms with Gasteiger partial charge in [0.1, 0.15) is 29.7 Å². The number of rotatable bonds is 9. The molecule has 2 aromatic heterocycles. The molecule has 6 saturated heterocycles. The minimum Gasteiger partial charge on any atom is -0.462 e. The van der Waals surface area contributed by atoms with Crippen LogP contribution >= 0.6 is 11.6 Å². The number of likely N-dealkylation sites (tertiary alicyclic amines) is 2. The van der Waals surface area contributed by atoms with Crippen molar-refractivity contribution in [2.45, 2.75) is 75.2 Å². The molecule has 12 rings (SSSR count). The Labute approximate surface area is 414 Å². The second kappa shape index (κ2) is 18.4. The zero-order valence-corrected chi connectivity index (χ0v) is 40.2. The quantitative estimate of drug-likeness (QED) is 0.198. The van der Waals surface area contributed by atoms with Crippen LogP contribution < -0.4 is 25.2 Å². The highest BCUT2D eigenvalue weighted by Gasteiger charge is 2.45. The number of anilines is 2. The summed E-state index contributed by atoms with van der Waals surface area (Å²) in [5.41, 5.74) is 2.20. The molecule has 5 atom stereocenters. The highest BCUT2D eigenvalue weighted by Crippen LogP contribution is 2.39. The van der Waals surface area contributed by atoms with E-state index in [4.69, 9.17) is 31.3 Å². The van der Waals surface area contributed by atoms with Gasteiger partial charge in [0.2, 0.25) is 17.7 Å². The smallest absolute Gasteiger partial charge is 0.319 e. The van der Waals surface area contributed by atoms with E-state index >= 15 is 4.39 Å². The van der Waals surface area contributed by atoms with Gasteiger partial charge in [-0.25, -0.2) is 4.39 Å². The lowest BCUT2D eigenvalue weighted by Gasteiger charge is -2.40. The Kier molecular flexibility index (Phi) is 11.8. The van der Waals surface area contributed by atoms with Gasteiger partial charge in [-0.3, -0.25) is 49.0 Å². The number of hydrogen-bond acceptors (Lipinski definition) is 14. The molecule has 368 valence electrons. The van der Waals surface area contributed by atoms with Crippen LogP contribution in [-0.4, -0.2) is 167 Å². The van der Waals surface area contributed by atoms with Crippen molar-refractivity contribution < 1.29 is 33.1 Å². The maximum absolute atomic E-state index is 17.0. The van der Waals surface area contributed by atoms with Crippen LogP contribution in [0.5, 0.6) is 6.01 Å². The van der Waals surface area contributed by atoms with Crippen molar-refractivity contribution in [2.75, 3.05) is 82.4 Å². The molecule has 0 saturated carbocycles. The lowest BCUT2D eigenvalue weighted by atomic mass is 9.93. The zero-order valence-electron chi connectivity index (χ0n) is 39.5. The standard InChI is InChI=1S/C52H55ClFN11O6/c1-60-27-34(61-16-14-30(15-17-61)49(68)63-20-18-62(19-21-63)33-10-11-36-38(23-33)51(70)65(50(36)69)41-12-13-42(66)57-48(41)67)22-35(60)28-71-52-58-46-39(47(59-52)64-25-31-8-9-32(26-64)56-31)24-55-45(44(46)54)37-6-2-4-29-5-3-7-40(53)43(29)37/h2-7,10-11,23-24,30-32,34-35,41,56H,8-9,12-22,25-28H2,1H3,(H,57,66,67)/t31?,32?,34-,35-,41?/m0/s1. The van der Waals surface area contributed by atoms with Crippen LogP contribution in [0.4, 0.5) is 15.9 Å². The Morgan fingerprint density at radius 2 is 1.58 bits per heavy atom. The van der Waals surface area contributed by atoms with E-state index in [1.807, 2.05) is 41.3 Å². The Bertz CT molecular complexity index is 3000. The zero-order chi connectivity index (χ0) is 48.7. The molecule has 6 fully saturated rings. The van der Waals surface area contributed by atoms with E-state index < -0.39 is 35.5 Å². The molecule has 7 aliphatic heterocycles. The largest absolute Gasteiger partial charge is 0.462 e. The molecule has 3 aromatic carbocycles. The lowest BCUT2D eigenvalue weighted by molar-refractivity contribution is -0.138. The van der Waals surface area contributed by atoms with Gasteiger partial charge >= 0.3 is 6.01 Å². The van der Waals surface area contributed by atoms with Crippen LogP contribution in [0, 0.1) is 11.7 Å². The summed E-state index contributed by atoms with van der Waals surface area (Å²) in [7, 11) is 2.11. The second-order valence-electron chi connectivity index (χ2n) is 20.3. The van der Waals surface area contributed by atoms with E-state index in [0.29, 0.717) is 72.7 Å². The van der Waals surface area contributed by atoms with Gasteiger partial charge in [0, 0.05) is 110 Å². The number of amides is 5. The maximum atomic E-state index is 17.0. The summed E-state index contributed by atoms with van der Waals surface area (Å²) in [6.07, 6.45) is 6.45. The summed E-state index contributed by atoms with van der Waals surface area (Å²) in [6, 6.07) is 16.6. The van der Waals surface area contributed by atoms with E-state index in [1.54, 1.807) is 24.4 Å². The van der Waals surface area contributed by atoms with Crippen LogP contribution in [0.25, 0.3) is 32.9 Å². The van der Waals surface area contributed by atoms with Crippen molar-refractivity contribution in [3.63, 3.8) is 0 Å². The fourth-order valence-corrected chi connectivity index (χ4v) is 12.6. The van der Waals surface area contributed by atoms with Crippen molar-refractivity contribution in [1.82, 2.24) is 45.2 Å². The van der Waals surface area contributed by atoms with Crippen molar-refractivity contribution in [2.24, 2.45) is 5.92 Å². The SMILES string of the molecule is CN1C[C@@H](N2CCC(C(=O)N3CCN(c4ccc5c(c4)C(=O)N(C4CCC(=O)NC4=O)C5=O)CC3)CC2)C[C@H]1COc1nc(N2CC3CCC(C2)N3)c2cnc(-c3cccc4cccc(Cl)c34)c(F)c2n1. The van der Waals surface area contributed by atoms with Gasteiger partial charge in [-0.05, 0) is 88.3 Å². The molecular weight excluding hydrogens is 929 g/mol. The number of carbonyl (C=O) groups excluding carboxylic acids is 5. The fraction of sp³-hybridized carbons (Fsp3) is 0.462. The van der Waals surface area contributed by atoms with Gasteiger partial charge in [-0.1, -0.05) is 41.9 Å². The van der Waals surface area contributed by atoms with Crippen molar-refractivity contribution in [3.05, 3.63) is 82.8 Å². The molecule has 5 aromatic rings. The Balaban J connectivity index is 0.672. The Morgan fingerprint density at radius 1 is 0.831 bits per heavy atom. The molecule has 5 amide bonds. The van der Waals surface area contributed by atoms with E-state index in [1.165, 1.54) is 0 Å². The first-order chi connectivity index (χ1) is 34.4. The average molecular weight is 985 g/mol. The van der Waals surface area contributed by atoms with Crippen molar-refractivity contribution in [3.8, 4) is 17.3 Å². The van der Waals surface area contributed by atoms with Gasteiger partial charge in [-0.15, -0.1) is 0 Å². The number of carbonyl (C=O) groups is 5. The molecule has 0 aliphatic carbocycles. The topological polar surface area (TPSA) is 177 Å².